The van der Waals surface area contributed by atoms with Crippen LogP contribution >= 0.6 is 68.2 Å². The number of nitrogens with one attached hydrogen (secondary N) is 7. The summed E-state index contributed by atoms with van der Waals surface area (Å²) in [4.78, 5) is 81.6. The van der Waals surface area contributed by atoms with Crippen molar-refractivity contribution in [2.24, 2.45) is 0 Å². The quantitative estimate of drug-likeness (QED) is 0.0741. The fourth-order valence-electron chi connectivity index (χ4n) is 8.16. The first kappa shape index (κ1) is 110. The van der Waals surface area contributed by atoms with Crippen LogP contribution in [0.1, 0.15) is 7.43 Å². The molecule has 27 aromatic rings. The molecule has 137 heavy (non-hydrogen) atoms. The van der Waals surface area contributed by atoms with E-state index in [4.69, 9.17) is 0 Å². The number of aromatic nitrogens is 31. The predicted molar refractivity (Wildman–Crippen MR) is 548 cm³/mol. The minimum absolute atomic E-state index is 0. The van der Waals surface area contributed by atoms with Gasteiger partial charge < -0.3 is 38.3 Å². The van der Waals surface area contributed by atoms with Gasteiger partial charge in [0.05, 0.1) is 71.5 Å². The largest absolute Gasteiger partial charge is 0.473 e. The van der Waals surface area contributed by atoms with Crippen molar-refractivity contribution in [2.75, 3.05) is 0 Å². The minimum Gasteiger partial charge on any atom is -0.473 e. The molecule has 0 aliphatic carbocycles. The number of hydrogen-bond acceptors (Lipinski definition) is 33. The lowest BCUT2D eigenvalue weighted by Crippen LogP contribution is -1.78. The summed E-state index contributed by atoms with van der Waals surface area (Å²) in [6.07, 6.45) is 69.1. The summed E-state index contributed by atoms with van der Waals surface area (Å²) in [5.41, 5.74) is 7.02. The second kappa shape index (κ2) is 84.9. The number of fused-ring (bicyclic) bond motifs is 5. The SMILES string of the molecule is C.c1c[nH]cn1.c1c[nH]cn1.c1cc2sccc2s1.c1cc[nH]c1.c1ccc2[nH]ccc2c1.c1ccc2[nH]cnc2c1.c1ccc2nccnc2c1.c1ccc2sccc2c1.c1ccncc1.c1ccnnc1.c1ccoc1.c1ccsc1.c1cn[nH]c1.c1cnccn1.c1cncnc1.c1cncnc1.c1cnoc1.c1cnsc1.c1cocn1.c1cscn1.c1nc[nH]n1.c1ncncn1. The number of oxazole rings is 1. The number of imidazole rings is 3. The first-order valence-electron chi connectivity index (χ1n) is 39.9. The summed E-state index contributed by atoms with van der Waals surface area (Å²) in [6.45, 7) is 0. The van der Waals surface area contributed by atoms with Gasteiger partial charge in [0.1, 0.15) is 56.8 Å². The highest BCUT2D eigenvalue weighted by atomic mass is 32.1. The number of para-hydroxylation sites is 5. The van der Waals surface area contributed by atoms with Gasteiger partial charge in [-0.2, -0.15) is 31.7 Å². The number of thiophene rings is 4. The van der Waals surface area contributed by atoms with Gasteiger partial charge in [0.2, 0.25) is 0 Å². The summed E-state index contributed by atoms with van der Waals surface area (Å²) >= 11 is 10.2. The third-order valence-electron chi connectivity index (χ3n) is 13.8. The van der Waals surface area contributed by atoms with Crippen molar-refractivity contribution in [1.29, 1.82) is 0 Å². The lowest BCUT2D eigenvalue weighted by molar-refractivity contribution is 0.420. The Bertz CT molecular complexity index is 5130. The van der Waals surface area contributed by atoms with Crippen molar-refractivity contribution in [3.63, 3.8) is 0 Å². The van der Waals surface area contributed by atoms with Crippen molar-refractivity contribution in [1.82, 2.24) is 155 Å². The Morgan fingerprint density at radius 3 is 1.17 bits per heavy atom. The molecule has 0 aliphatic rings. The Labute approximate surface area is 813 Å². The molecule has 0 unspecified atom stereocenters. The topological polar surface area (TPSA) is 459 Å². The van der Waals surface area contributed by atoms with E-state index in [1.54, 1.807) is 261 Å². The standard InChI is InChI=1S/C8H6N2.C8H7N.C8H6S.C7H6N2.C6H4S2.C5H5N.4C4H4N2.C4H5N.C4H4O.C4H4S.C3H3N3.3C3H4N2.2C3H3NO.2C3H3NS.C2H3N3.CH4/c1-2-4-8-7(3-1)9-5-6-10-8;2*1-2-4-8-7(3-1)5-6-9-8;1-2-4-7-6(3-1)8-5-9-7;1-3-7-6-2-4-8-5(1)6;1-2-4-6-5-3-1;1-2-6-4-3-5-1;2*1-2-5-4-6-3-1;1-2-4-6-5-3-1;3*1-2-4-5-3-1;1-4-2-6-3-5-1;2*1-2-5-3-4-1;1-2-4-5-3-1;1-2-5-3-4-1;1-2-4-5-3-1;1-2-5-3-4-1;1-2-4-5-3-1;1-3-2-5-4-1;/h1-6H;1-6,9H;1-6H;1-5H,(H,8,9);1-4H;1-5H;4*1-4H;1-5H;2*1-4H;1-3H;3*1-3H,(H,4,5);4*1-3H;1-2H,(H,3,4,5);1H4. The van der Waals surface area contributed by atoms with Crippen LogP contribution in [0.4, 0.5) is 0 Å². The molecule has 23 heterocycles. The molecule has 0 saturated heterocycles. The molecule has 0 saturated carbocycles. The van der Waals surface area contributed by atoms with Crippen molar-refractivity contribution in [3.05, 3.63) is 524 Å². The average Bonchev–Trinajstić information content (AvgIpc) is 1.83. The van der Waals surface area contributed by atoms with Crippen LogP contribution in [0.5, 0.6) is 0 Å². The third-order valence-corrected chi connectivity index (χ3v) is 18.2. The van der Waals surface area contributed by atoms with Gasteiger partial charge in [-0.05, 0) is 189 Å². The molecule has 7 N–H and O–H groups in total. The van der Waals surface area contributed by atoms with Gasteiger partial charge in [-0.1, -0.05) is 91.4 Å². The average molecular weight is 1940 g/mol. The summed E-state index contributed by atoms with van der Waals surface area (Å²) in [6, 6.07) is 70.9. The van der Waals surface area contributed by atoms with Gasteiger partial charge in [-0.15, -0.1) is 45.3 Å². The molecular weight excluding hydrogens is 1840 g/mol. The van der Waals surface area contributed by atoms with E-state index >= 15 is 0 Å². The fourth-order valence-corrected chi connectivity index (χ4v) is 11.9. The van der Waals surface area contributed by atoms with Crippen LogP contribution in [0.25, 0.3) is 52.5 Å². The van der Waals surface area contributed by atoms with Gasteiger partial charge in [0.25, 0.3) is 0 Å². The maximum absolute atomic E-state index is 4.58. The zero-order valence-electron chi connectivity index (χ0n) is 72.6. The number of rotatable bonds is 0. The fraction of sp³-hybridized carbons (Fsp3) is 0.0103. The highest BCUT2D eigenvalue weighted by Gasteiger charge is 1.93. The number of aromatic amines is 7. The van der Waals surface area contributed by atoms with E-state index in [0.29, 0.717) is 0 Å². The van der Waals surface area contributed by atoms with Crippen molar-refractivity contribution in [3.8, 4) is 0 Å². The molecule has 0 bridgehead atoms. The molecular formula is C97H97N31O3S6. The van der Waals surface area contributed by atoms with Crippen LogP contribution in [0.3, 0.4) is 0 Å². The molecule has 0 atom stereocenters. The molecule has 0 spiro atoms. The molecule has 34 nitrogen and oxygen atoms in total. The summed E-state index contributed by atoms with van der Waals surface area (Å²) in [7, 11) is 0. The van der Waals surface area contributed by atoms with Crippen molar-refractivity contribution in [2.45, 2.75) is 7.43 Å². The monoisotopic (exact) mass is 1940 g/mol. The van der Waals surface area contributed by atoms with Crippen LogP contribution in [-0.2, 0) is 0 Å². The number of nitrogens with zero attached hydrogens (tertiary/aromatic N) is 24. The number of hydrogen-bond donors (Lipinski definition) is 7. The van der Waals surface area contributed by atoms with Gasteiger partial charge in [-0.25, -0.2) is 64.2 Å². The Morgan fingerprint density at radius 2 is 0.839 bits per heavy atom. The highest BCUT2D eigenvalue weighted by molar-refractivity contribution is 7.25. The zero-order chi connectivity index (χ0) is 94.9. The molecule has 0 aliphatic heterocycles. The Morgan fingerprint density at radius 1 is 0.255 bits per heavy atom. The van der Waals surface area contributed by atoms with Crippen LogP contribution < -0.4 is 0 Å². The summed E-state index contributed by atoms with van der Waals surface area (Å²) in [5, 5.41) is 39.5. The number of thiazole rings is 1. The Kier molecular flexibility index (Phi) is 67.9. The van der Waals surface area contributed by atoms with E-state index in [1.165, 1.54) is 105 Å². The third kappa shape index (κ3) is 63.6. The van der Waals surface area contributed by atoms with E-state index in [-0.39, 0.29) is 7.43 Å². The number of benzene rings is 4. The molecule has 27 rings (SSSR count). The first-order valence-corrected chi connectivity index (χ1v) is 45.2. The zero-order valence-corrected chi connectivity index (χ0v) is 77.5. The molecule has 0 amide bonds. The van der Waals surface area contributed by atoms with Gasteiger partial charge in [0, 0.05) is 185 Å². The molecule has 0 fully saturated rings. The van der Waals surface area contributed by atoms with E-state index in [1.807, 2.05) is 180 Å². The van der Waals surface area contributed by atoms with Crippen LogP contribution in [0.2, 0.25) is 0 Å². The second-order valence-corrected chi connectivity index (χ2v) is 28.2. The smallest absolute Gasteiger partial charge is 0.180 e. The van der Waals surface area contributed by atoms with Gasteiger partial charge in [-0.3, -0.25) is 40.1 Å². The minimum atomic E-state index is 0. The summed E-state index contributed by atoms with van der Waals surface area (Å²) < 4.78 is 21.3. The summed E-state index contributed by atoms with van der Waals surface area (Å²) in [5.74, 6) is 0. The maximum Gasteiger partial charge on any atom is 0.180 e. The number of furan rings is 1. The number of pyridine rings is 1. The van der Waals surface area contributed by atoms with E-state index in [0.717, 1.165) is 22.1 Å². The molecule has 23 aromatic heterocycles. The molecule has 694 valence electrons. The molecule has 0 radical (unpaired) electrons. The number of H-pyrrole nitrogens is 7. The lowest BCUT2D eigenvalue weighted by atomic mass is 10.3. The van der Waals surface area contributed by atoms with E-state index < -0.39 is 0 Å². The van der Waals surface area contributed by atoms with Crippen LogP contribution in [-0.4, -0.2) is 155 Å². The first-order chi connectivity index (χ1) is 67.8. The van der Waals surface area contributed by atoms with E-state index in [2.05, 4.69) is 245 Å². The van der Waals surface area contributed by atoms with Crippen molar-refractivity contribution >= 4 is 121 Å². The van der Waals surface area contributed by atoms with Crippen LogP contribution in [0.15, 0.2) is 537 Å². The van der Waals surface area contributed by atoms with Crippen molar-refractivity contribution < 1.29 is 13.4 Å². The van der Waals surface area contributed by atoms with Crippen LogP contribution in [0, 0.1) is 0 Å². The van der Waals surface area contributed by atoms with Gasteiger partial charge >= 0.3 is 0 Å². The molecule has 40 heteroatoms. The molecule has 4 aromatic carbocycles. The Balaban J connectivity index is 0.000000254. The lowest BCUT2D eigenvalue weighted by Gasteiger charge is -1.90. The Hall–Kier alpha value is -18.0. The predicted octanol–water partition coefficient (Wildman–Crippen LogP) is 23.4. The van der Waals surface area contributed by atoms with Gasteiger partial charge in [0.15, 0.2) is 6.39 Å². The second-order valence-electron chi connectivity index (χ2n) is 23.1. The maximum atomic E-state index is 4.58. The van der Waals surface area contributed by atoms with E-state index in [9.17, 15) is 0 Å². The highest BCUT2D eigenvalue weighted by Crippen LogP contribution is 2.25. The normalized spacial score (nSPS) is 8.67.